The second-order valence-corrected chi connectivity index (χ2v) is 4.42. The van der Waals surface area contributed by atoms with E-state index >= 15 is 0 Å². The normalized spacial score (nSPS) is 22.4. The topological polar surface area (TPSA) is 20.3 Å². The Morgan fingerprint density at radius 1 is 1.33 bits per heavy atom. The van der Waals surface area contributed by atoms with Crippen molar-refractivity contribution in [2.45, 2.75) is 31.7 Å². The van der Waals surface area contributed by atoms with E-state index in [1.165, 1.54) is 25.7 Å². The van der Waals surface area contributed by atoms with Crippen LogP contribution < -0.4 is 0 Å². The van der Waals surface area contributed by atoms with Crippen molar-refractivity contribution in [1.29, 1.82) is 0 Å². The maximum atomic E-state index is 11.4. The van der Waals surface area contributed by atoms with E-state index in [2.05, 4.69) is 20.8 Å². The van der Waals surface area contributed by atoms with E-state index in [1.807, 2.05) is 0 Å². The maximum absolute atomic E-state index is 11.4. The summed E-state index contributed by atoms with van der Waals surface area (Å²) in [7, 11) is 0. The zero-order chi connectivity index (χ0) is 8.55. The van der Waals surface area contributed by atoms with Crippen molar-refractivity contribution in [3.05, 3.63) is 0 Å². The summed E-state index contributed by atoms with van der Waals surface area (Å²) in [5, 5.41) is 0.496. The van der Waals surface area contributed by atoms with Crippen molar-refractivity contribution >= 4 is 21.8 Å². The van der Waals surface area contributed by atoms with Gasteiger partial charge in [0.2, 0.25) is 5.91 Å². The fourth-order valence-electron chi connectivity index (χ4n) is 1.50. The smallest absolute Gasteiger partial charge is 0.233 e. The third-order valence-corrected chi connectivity index (χ3v) is 3.05. The van der Waals surface area contributed by atoms with Gasteiger partial charge >= 0.3 is 0 Å². The van der Waals surface area contributed by atoms with Gasteiger partial charge in [-0.25, -0.2) is 0 Å². The SMILES string of the molecule is O=C(CBr)N(CC1CC1)C1CC1. The fourth-order valence-corrected chi connectivity index (χ4v) is 1.82. The van der Waals surface area contributed by atoms with E-state index in [1.54, 1.807) is 0 Å². The molecule has 2 nitrogen and oxygen atoms in total. The van der Waals surface area contributed by atoms with Gasteiger partial charge in [-0.05, 0) is 31.6 Å². The molecule has 0 heterocycles. The summed E-state index contributed by atoms with van der Waals surface area (Å²) in [6.07, 6.45) is 5.12. The highest BCUT2D eigenvalue weighted by molar-refractivity contribution is 9.09. The number of alkyl halides is 1. The maximum Gasteiger partial charge on any atom is 0.233 e. The van der Waals surface area contributed by atoms with Gasteiger partial charge in [0.05, 0.1) is 5.33 Å². The molecule has 0 aromatic carbocycles. The lowest BCUT2D eigenvalue weighted by Crippen LogP contribution is -2.35. The van der Waals surface area contributed by atoms with Gasteiger partial charge < -0.3 is 4.90 Å². The molecule has 3 heteroatoms. The number of nitrogens with zero attached hydrogens (tertiary/aromatic N) is 1. The summed E-state index contributed by atoms with van der Waals surface area (Å²) in [4.78, 5) is 13.5. The molecule has 0 spiro atoms. The third-order valence-electron chi connectivity index (χ3n) is 2.57. The summed E-state index contributed by atoms with van der Waals surface area (Å²) in [6.45, 7) is 1.02. The minimum Gasteiger partial charge on any atom is -0.339 e. The molecule has 2 fully saturated rings. The number of carbonyl (C=O) groups excluding carboxylic acids is 1. The van der Waals surface area contributed by atoms with Crippen LogP contribution in [0.25, 0.3) is 0 Å². The average molecular weight is 232 g/mol. The van der Waals surface area contributed by atoms with E-state index in [-0.39, 0.29) is 5.91 Å². The van der Waals surface area contributed by atoms with Crippen molar-refractivity contribution in [3.8, 4) is 0 Å². The lowest BCUT2D eigenvalue weighted by Gasteiger charge is -2.20. The number of carbonyl (C=O) groups is 1. The van der Waals surface area contributed by atoms with Gasteiger partial charge in [0, 0.05) is 12.6 Å². The minimum atomic E-state index is 0.282. The second kappa shape index (κ2) is 3.36. The first-order chi connectivity index (χ1) is 5.81. The van der Waals surface area contributed by atoms with Gasteiger partial charge in [-0.1, -0.05) is 15.9 Å². The Bertz CT molecular complexity index is 187. The van der Waals surface area contributed by atoms with Gasteiger partial charge in [0.25, 0.3) is 0 Å². The molecule has 12 heavy (non-hydrogen) atoms. The number of rotatable bonds is 4. The quantitative estimate of drug-likeness (QED) is 0.676. The molecule has 2 saturated carbocycles. The number of hydrogen-bond donors (Lipinski definition) is 0. The largest absolute Gasteiger partial charge is 0.339 e. The van der Waals surface area contributed by atoms with Crippen LogP contribution in [0.4, 0.5) is 0 Å². The molecule has 0 aliphatic heterocycles. The van der Waals surface area contributed by atoms with Crippen molar-refractivity contribution in [2.75, 3.05) is 11.9 Å². The molecule has 0 N–H and O–H groups in total. The molecule has 2 aliphatic carbocycles. The Morgan fingerprint density at radius 2 is 2.00 bits per heavy atom. The number of amides is 1. The Hall–Kier alpha value is -0.0500. The highest BCUT2D eigenvalue weighted by atomic mass is 79.9. The second-order valence-electron chi connectivity index (χ2n) is 3.85. The lowest BCUT2D eigenvalue weighted by atomic mass is 10.3. The Balaban J connectivity index is 1.86. The first kappa shape index (κ1) is 8.54. The van der Waals surface area contributed by atoms with E-state index in [9.17, 15) is 4.79 Å². The molecular formula is C9H14BrNO. The van der Waals surface area contributed by atoms with Crippen molar-refractivity contribution in [3.63, 3.8) is 0 Å². The van der Waals surface area contributed by atoms with Crippen LogP contribution in [-0.2, 0) is 4.79 Å². The van der Waals surface area contributed by atoms with Gasteiger partial charge in [-0.15, -0.1) is 0 Å². The summed E-state index contributed by atoms with van der Waals surface area (Å²) < 4.78 is 0. The predicted molar refractivity (Wildman–Crippen MR) is 51.3 cm³/mol. The third kappa shape index (κ3) is 2.00. The zero-order valence-electron chi connectivity index (χ0n) is 7.13. The molecule has 0 aromatic rings. The average Bonchev–Trinajstić information content (AvgIpc) is 2.88. The molecule has 0 atom stereocenters. The van der Waals surface area contributed by atoms with E-state index in [4.69, 9.17) is 0 Å². The minimum absolute atomic E-state index is 0.282. The van der Waals surface area contributed by atoms with E-state index < -0.39 is 0 Å². The van der Waals surface area contributed by atoms with Crippen LogP contribution in [0.5, 0.6) is 0 Å². The molecule has 0 aromatic heterocycles. The van der Waals surface area contributed by atoms with Crippen LogP contribution in [0.1, 0.15) is 25.7 Å². The molecule has 2 rings (SSSR count). The fraction of sp³-hybridized carbons (Fsp3) is 0.889. The molecule has 0 bridgehead atoms. The van der Waals surface area contributed by atoms with E-state index in [0.717, 1.165) is 12.5 Å². The molecular weight excluding hydrogens is 218 g/mol. The van der Waals surface area contributed by atoms with E-state index in [0.29, 0.717) is 11.4 Å². The van der Waals surface area contributed by atoms with Gasteiger partial charge in [-0.2, -0.15) is 0 Å². The molecule has 0 saturated heterocycles. The molecule has 0 radical (unpaired) electrons. The summed E-state index contributed by atoms with van der Waals surface area (Å²) in [6, 6.07) is 0.593. The first-order valence-electron chi connectivity index (χ1n) is 4.66. The van der Waals surface area contributed by atoms with Crippen molar-refractivity contribution in [1.82, 2.24) is 4.90 Å². The highest BCUT2D eigenvalue weighted by Gasteiger charge is 2.35. The predicted octanol–water partition coefficient (Wildman–Crippen LogP) is 1.78. The summed E-state index contributed by atoms with van der Waals surface area (Å²) >= 11 is 3.23. The van der Waals surface area contributed by atoms with Crippen LogP contribution in [0.2, 0.25) is 0 Å². The Morgan fingerprint density at radius 3 is 2.42 bits per heavy atom. The lowest BCUT2D eigenvalue weighted by molar-refractivity contribution is -0.129. The van der Waals surface area contributed by atoms with Gasteiger partial charge in [0.1, 0.15) is 0 Å². The van der Waals surface area contributed by atoms with Gasteiger partial charge in [0.15, 0.2) is 0 Å². The van der Waals surface area contributed by atoms with Crippen LogP contribution in [-0.4, -0.2) is 28.7 Å². The van der Waals surface area contributed by atoms with Crippen LogP contribution in [0.3, 0.4) is 0 Å². The molecule has 2 aliphatic rings. The number of halogens is 1. The summed E-state index contributed by atoms with van der Waals surface area (Å²) in [5.41, 5.74) is 0. The van der Waals surface area contributed by atoms with Crippen LogP contribution in [0.15, 0.2) is 0 Å². The molecule has 0 unspecified atom stereocenters. The number of hydrogen-bond acceptors (Lipinski definition) is 1. The van der Waals surface area contributed by atoms with Gasteiger partial charge in [-0.3, -0.25) is 4.79 Å². The van der Waals surface area contributed by atoms with Crippen LogP contribution >= 0.6 is 15.9 Å². The Labute approximate surface area is 81.4 Å². The zero-order valence-corrected chi connectivity index (χ0v) is 8.72. The monoisotopic (exact) mass is 231 g/mol. The van der Waals surface area contributed by atoms with Crippen molar-refractivity contribution < 1.29 is 4.79 Å². The van der Waals surface area contributed by atoms with Crippen molar-refractivity contribution in [2.24, 2.45) is 5.92 Å². The standard InChI is InChI=1S/C9H14BrNO/c10-5-9(12)11(8-3-4-8)6-7-1-2-7/h7-8H,1-6H2. The van der Waals surface area contributed by atoms with Crippen LogP contribution in [0, 0.1) is 5.92 Å². The Kier molecular flexibility index (Phi) is 2.40. The molecule has 68 valence electrons. The summed E-state index contributed by atoms with van der Waals surface area (Å²) in [5.74, 6) is 1.11. The molecule has 1 amide bonds. The first-order valence-corrected chi connectivity index (χ1v) is 5.79. The highest BCUT2D eigenvalue weighted by Crippen LogP contribution is 2.34.